The number of hydrogen-bond acceptors (Lipinski definition) is 2. The first-order valence-corrected chi connectivity index (χ1v) is 9.89. The lowest BCUT2D eigenvalue weighted by Crippen LogP contribution is -2.41. The van der Waals surface area contributed by atoms with E-state index < -0.39 is 0 Å². The lowest BCUT2D eigenvalue weighted by atomic mass is 10.1. The highest BCUT2D eigenvalue weighted by Gasteiger charge is 2.26. The van der Waals surface area contributed by atoms with Crippen LogP contribution in [0.15, 0.2) is 42.5 Å². The monoisotopic (exact) mass is 408 g/mol. The number of ether oxygens (including phenoxy) is 1. The van der Waals surface area contributed by atoms with Crippen molar-refractivity contribution in [2.24, 2.45) is 0 Å². The van der Waals surface area contributed by atoms with Gasteiger partial charge in [-0.2, -0.15) is 0 Å². The van der Waals surface area contributed by atoms with Crippen LogP contribution in [0.4, 0.5) is 5.69 Å². The van der Waals surface area contributed by atoms with E-state index in [0.717, 1.165) is 29.1 Å². The van der Waals surface area contributed by atoms with Crippen LogP contribution in [0.5, 0.6) is 5.75 Å². The van der Waals surface area contributed by atoms with Crippen LogP contribution in [0.1, 0.15) is 31.2 Å². The summed E-state index contributed by atoms with van der Waals surface area (Å²) in [5.41, 5.74) is 1.84. The molecule has 6 heteroatoms. The van der Waals surface area contributed by atoms with Gasteiger partial charge in [0, 0.05) is 22.6 Å². The molecule has 0 spiro atoms. The van der Waals surface area contributed by atoms with Crippen LogP contribution >= 0.6 is 35.4 Å². The summed E-state index contributed by atoms with van der Waals surface area (Å²) in [6.07, 6.45) is 4.73. The molecule has 1 aliphatic rings. The number of anilines is 1. The molecule has 0 aromatic heterocycles. The zero-order valence-electron chi connectivity index (χ0n) is 14.7. The van der Waals surface area contributed by atoms with E-state index in [1.54, 1.807) is 13.2 Å². The maximum atomic E-state index is 6.38. The number of hydrogen-bond donors (Lipinski definition) is 1. The minimum absolute atomic E-state index is 0.413. The third kappa shape index (κ3) is 4.61. The van der Waals surface area contributed by atoms with Crippen LogP contribution in [0.25, 0.3) is 0 Å². The van der Waals surface area contributed by atoms with Crippen molar-refractivity contribution < 1.29 is 4.74 Å². The van der Waals surface area contributed by atoms with E-state index in [9.17, 15) is 0 Å². The summed E-state index contributed by atoms with van der Waals surface area (Å²) in [5.74, 6) is 0.709. The molecular weight excluding hydrogens is 387 g/mol. The van der Waals surface area contributed by atoms with Crippen molar-refractivity contribution >= 4 is 46.2 Å². The van der Waals surface area contributed by atoms with E-state index in [2.05, 4.69) is 10.2 Å². The molecule has 0 radical (unpaired) electrons. The minimum atomic E-state index is 0.413. The van der Waals surface area contributed by atoms with Crippen molar-refractivity contribution in [3.05, 3.63) is 58.1 Å². The molecule has 1 N–H and O–H groups in total. The summed E-state index contributed by atoms with van der Waals surface area (Å²) in [6.45, 7) is 0.680. The topological polar surface area (TPSA) is 24.5 Å². The van der Waals surface area contributed by atoms with E-state index in [4.69, 9.17) is 40.2 Å². The Balaban J connectivity index is 1.83. The number of benzene rings is 2. The molecule has 0 amide bonds. The summed E-state index contributed by atoms with van der Waals surface area (Å²) in [4.78, 5) is 2.24. The van der Waals surface area contributed by atoms with E-state index in [-0.39, 0.29) is 0 Å². The van der Waals surface area contributed by atoms with Crippen molar-refractivity contribution in [3.63, 3.8) is 0 Å². The molecule has 26 heavy (non-hydrogen) atoms. The molecule has 0 atom stereocenters. The number of nitrogens with zero attached hydrogens (tertiary/aromatic N) is 1. The van der Waals surface area contributed by atoms with Gasteiger partial charge in [-0.15, -0.1) is 0 Å². The van der Waals surface area contributed by atoms with Crippen molar-refractivity contribution in [2.45, 2.75) is 38.3 Å². The molecule has 0 aliphatic heterocycles. The van der Waals surface area contributed by atoms with E-state index in [1.165, 1.54) is 12.8 Å². The van der Waals surface area contributed by atoms with Gasteiger partial charge >= 0.3 is 0 Å². The largest absolute Gasteiger partial charge is 0.495 e. The normalized spacial score (nSPS) is 14.3. The van der Waals surface area contributed by atoms with Crippen molar-refractivity contribution in [3.8, 4) is 5.75 Å². The molecule has 0 bridgehead atoms. The van der Waals surface area contributed by atoms with Crippen LogP contribution in [0.3, 0.4) is 0 Å². The van der Waals surface area contributed by atoms with Crippen LogP contribution in [0, 0.1) is 0 Å². The smallest absolute Gasteiger partial charge is 0.174 e. The van der Waals surface area contributed by atoms with Gasteiger partial charge in [0.15, 0.2) is 5.11 Å². The van der Waals surface area contributed by atoms with Gasteiger partial charge in [-0.25, -0.2) is 0 Å². The fourth-order valence-electron chi connectivity index (χ4n) is 3.36. The molecule has 3 rings (SSSR count). The Hall–Kier alpha value is -1.49. The Kier molecular flexibility index (Phi) is 6.63. The van der Waals surface area contributed by atoms with Gasteiger partial charge in [-0.05, 0) is 54.9 Å². The summed E-state index contributed by atoms with van der Waals surface area (Å²) in [5, 5.41) is 5.38. The second kappa shape index (κ2) is 8.94. The minimum Gasteiger partial charge on any atom is -0.495 e. The Morgan fingerprint density at radius 1 is 1.19 bits per heavy atom. The molecule has 3 nitrogen and oxygen atoms in total. The Bertz CT molecular complexity index is 778. The van der Waals surface area contributed by atoms with Crippen molar-refractivity contribution in [1.82, 2.24) is 4.90 Å². The predicted octanol–water partition coefficient (Wildman–Crippen LogP) is 6.14. The number of methoxy groups -OCH3 is 1. The highest BCUT2D eigenvalue weighted by Crippen LogP contribution is 2.31. The van der Waals surface area contributed by atoms with E-state index >= 15 is 0 Å². The SMILES string of the molecule is COc1ccc(Cl)cc1NC(=S)N(Cc1ccccc1Cl)C1CCCC1. The molecule has 138 valence electrons. The van der Waals surface area contributed by atoms with Gasteiger partial charge < -0.3 is 15.0 Å². The maximum absolute atomic E-state index is 6.38. The second-order valence-corrected chi connectivity index (χ2v) is 7.66. The number of rotatable bonds is 5. The number of thiocarbonyl (C=S) groups is 1. The summed E-state index contributed by atoms with van der Waals surface area (Å²) in [7, 11) is 1.63. The van der Waals surface area contributed by atoms with E-state index in [1.807, 2.05) is 36.4 Å². The molecule has 1 saturated carbocycles. The Morgan fingerprint density at radius 2 is 1.92 bits per heavy atom. The third-order valence-electron chi connectivity index (χ3n) is 4.73. The fraction of sp³-hybridized carbons (Fsp3) is 0.350. The molecule has 1 fully saturated rings. The lowest BCUT2D eigenvalue weighted by molar-refractivity contribution is 0.312. The van der Waals surface area contributed by atoms with Crippen LogP contribution in [-0.4, -0.2) is 23.2 Å². The van der Waals surface area contributed by atoms with Gasteiger partial charge in [-0.1, -0.05) is 54.2 Å². The molecule has 0 saturated heterocycles. The average molecular weight is 409 g/mol. The van der Waals surface area contributed by atoms with Crippen LogP contribution in [0.2, 0.25) is 10.0 Å². The highest BCUT2D eigenvalue weighted by molar-refractivity contribution is 7.80. The fourth-order valence-corrected chi connectivity index (χ4v) is 4.05. The molecule has 0 unspecified atom stereocenters. The third-order valence-corrected chi connectivity index (χ3v) is 5.67. The zero-order chi connectivity index (χ0) is 18.5. The number of nitrogens with one attached hydrogen (secondary N) is 1. The van der Waals surface area contributed by atoms with Crippen LogP contribution < -0.4 is 10.1 Å². The lowest BCUT2D eigenvalue weighted by Gasteiger charge is -2.32. The number of halogens is 2. The van der Waals surface area contributed by atoms with Gasteiger partial charge in [0.2, 0.25) is 0 Å². The van der Waals surface area contributed by atoms with Crippen LogP contribution in [-0.2, 0) is 6.54 Å². The van der Waals surface area contributed by atoms with E-state index in [0.29, 0.717) is 28.5 Å². The highest BCUT2D eigenvalue weighted by atomic mass is 35.5. The molecule has 2 aromatic carbocycles. The first-order valence-electron chi connectivity index (χ1n) is 8.73. The standard InChI is InChI=1S/C20H22Cl2N2OS/c1-25-19-11-10-15(21)12-18(19)23-20(26)24(16-7-3-4-8-16)13-14-6-2-5-9-17(14)22/h2,5-6,9-12,16H,3-4,7-8,13H2,1H3,(H,23,26). The summed E-state index contributed by atoms with van der Waals surface area (Å²) < 4.78 is 5.42. The summed E-state index contributed by atoms with van der Waals surface area (Å²) in [6, 6.07) is 13.8. The first kappa shape index (κ1) is 19.3. The van der Waals surface area contributed by atoms with Gasteiger partial charge in [0.1, 0.15) is 5.75 Å². The molecule has 1 aliphatic carbocycles. The summed E-state index contributed by atoms with van der Waals surface area (Å²) >= 11 is 18.3. The average Bonchev–Trinajstić information content (AvgIpc) is 3.15. The molecular formula is C20H22Cl2N2OS. The molecule has 2 aromatic rings. The zero-order valence-corrected chi connectivity index (χ0v) is 17.0. The predicted molar refractivity (Wildman–Crippen MR) is 113 cm³/mol. The maximum Gasteiger partial charge on any atom is 0.174 e. The van der Waals surface area contributed by atoms with Gasteiger partial charge in [0.25, 0.3) is 0 Å². The Morgan fingerprint density at radius 3 is 2.62 bits per heavy atom. The first-order chi connectivity index (χ1) is 12.6. The second-order valence-electron chi connectivity index (χ2n) is 6.43. The van der Waals surface area contributed by atoms with Crippen molar-refractivity contribution in [2.75, 3.05) is 12.4 Å². The molecule has 0 heterocycles. The van der Waals surface area contributed by atoms with Gasteiger partial charge in [0.05, 0.1) is 12.8 Å². The van der Waals surface area contributed by atoms with Gasteiger partial charge in [-0.3, -0.25) is 0 Å². The van der Waals surface area contributed by atoms with Crippen molar-refractivity contribution in [1.29, 1.82) is 0 Å². The quantitative estimate of drug-likeness (QED) is 0.599. The Labute approximate surface area is 170 Å².